The smallest absolute Gasteiger partial charge is 0.248 e. The predicted octanol–water partition coefficient (Wildman–Crippen LogP) is 2.93. The molecule has 0 amide bonds. The number of nitrogens with zero attached hydrogens (tertiary/aromatic N) is 2. The quantitative estimate of drug-likeness (QED) is 0.752. The maximum absolute atomic E-state index is 12.0. The van der Waals surface area contributed by atoms with E-state index >= 15 is 0 Å². The first-order chi connectivity index (χ1) is 7.18. The van der Waals surface area contributed by atoms with Crippen molar-refractivity contribution in [1.29, 1.82) is 0 Å². The Balaban J connectivity index is 2.32. The van der Waals surface area contributed by atoms with Crippen molar-refractivity contribution in [1.82, 2.24) is 9.55 Å². The number of para-hydroxylation sites is 2. The van der Waals surface area contributed by atoms with Crippen molar-refractivity contribution >= 4 is 22.8 Å². The molecule has 0 saturated heterocycles. The average molecular weight is 228 g/mol. The highest BCUT2D eigenvalue weighted by Gasteiger charge is 2.10. The number of halogens is 2. The molecule has 0 aliphatic heterocycles. The summed E-state index contributed by atoms with van der Waals surface area (Å²) in [5.41, 5.74) is 1.81. The van der Waals surface area contributed by atoms with Crippen LogP contribution < -0.4 is 0 Å². The number of alkyl halides is 2. The highest BCUT2D eigenvalue weighted by atomic mass is 32.2. The highest BCUT2D eigenvalue weighted by Crippen LogP contribution is 2.23. The lowest BCUT2D eigenvalue weighted by atomic mass is 10.3. The molecule has 0 aliphatic rings. The number of benzene rings is 1. The van der Waals surface area contributed by atoms with Crippen molar-refractivity contribution in [3.05, 3.63) is 24.3 Å². The summed E-state index contributed by atoms with van der Waals surface area (Å²) in [5.74, 6) is -0.211. The van der Waals surface area contributed by atoms with E-state index in [2.05, 4.69) is 4.98 Å². The number of thioether (sulfide) groups is 1. The minimum absolute atomic E-state index is 0.211. The van der Waals surface area contributed by atoms with Crippen molar-refractivity contribution < 1.29 is 8.78 Å². The molecule has 2 aromatic rings. The SMILES string of the molecule is Cn1c(SCC(F)F)nc2ccccc21. The molecule has 1 heterocycles. The minimum Gasteiger partial charge on any atom is -0.322 e. The normalized spacial score (nSPS) is 11.5. The van der Waals surface area contributed by atoms with Gasteiger partial charge in [-0.05, 0) is 12.1 Å². The van der Waals surface area contributed by atoms with E-state index in [1.165, 1.54) is 0 Å². The van der Waals surface area contributed by atoms with Gasteiger partial charge in [-0.3, -0.25) is 0 Å². The molecule has 80 valence electrons. The molecule has 0 spiro atoms. The second-order valence-corrected chi connectivity index (χ2v) is 4.13. The summed E-state index contributed by atoms with van der Waals surface area (Å²) in [5, 5.41) is 0.636. The summed E-state index contributed by atoms with van der Waals surface area (Å²) in [6, 6.07) is 7.60. The van der Waals surface area contributed by atoms with Gasteiger partial charge in [-0.2, -0.15) is 0 Å². The van der Waals surface area contributed by atoms with Crippen LogP contribution in [0.4, 0.5) is 8.78 Å². The second kappa shape index (κ2) is 4.18. The number of hydrogen-bond donors (Lipinski definition) is 0. The molecule has 0 saturated carbocycles. The maximum atomic E-state index is 12.0. The second-order valence-electron chi connectivity index (χ2n) is 3.14. The summed E-state index contributed by atoms with van der Waals surface area (Å²) in [6.07, 6.45) is -2.30. The third kappa shape index (κ3) is 2.12. The van der Waals surface area contributed by atoms with Gasteiger partial charge in [-0.25, -0.2) is 13.8 Å². The lowest BCUT2D eigenvalue weighted by Gasteiger charge is -2.00. The lowest BCUT2D eigenvalue weighted by Crippen LogP contribution is -1.97. The van der Waals surface area contributed by atoms with Gasteiger partial charge >= 0.3 is 0 Å². The molecule has 0 radical (unpaired) electrons. The zero-order valence-corrected chi connectivity index (χ0v) is 8.97. The number of hydrogen-bond acceptors (Lipinski definition) is 2. The standard InChI is InChI=1S/C10H10F2N2S/c1-14-8-5-3-2-4-7(8)13-10(14)15-6-9(11)12/h2-5,9H,6H2,1H3. The van der Waals surface area contributed by atoms with Gasteiger partial charge in [0, 0.05) is 7.05 Å². The topological polar surface area (TPSA) is 17.8 Å². The average Bonchev–Trinajstić information content (AvgIpc) is 2.54. The van der Waals surface area contributed by atoms with Crippen molar-refractivity contribution in [2.45, 2.75) is 11.6 Å². The molecule has 0 fully saturated rings. The molecule has 0 atom stereocenters. The molecular weight excluding hydrogens is 218 g/mol. The van der Waals surface area contributed by atoms with Crippen LogP contribution in [0.5, 0.6) is 0 Å². The Morgan fingerprint density at radius 3 is 2.80 bits per heavy atom. The van der Waals surface area contributed by atoms with Crippen molar-refractivity contribution in [2.24, 2.45) is 7.05 Å². The fourth-order valence-corrected chi connectivity index (χ4v) is 2.12. The van der Waals surface area contributed by atoms with E-state index in [9.17, 15) is 8.78 Å². The Labute approximate surface area is 90.3 Å². The first kappa shape index (κ1) is 10.4. The van der Waals surface area contributed by atoms with Crippen molar-refractivity contribution in [3.8, 4) is 0 Å². The number of aryl methyl sites for hydroxylation is 1. The van der Waals surface area contributed by atoms with E-state index in [4.69, 9.17) is 0 Å². The minimum atomic E-state index is -2.30. The van der Waals surface area contributed by atoms with Crippen LogP contribution in [0.3, 0.4) is 0 Å². The molecule has 15 heavy (non-hydrogen) atoms. The Morgan fingerprint density at radius 1 is 1.40 bits per heavy atom. The monoisotopic (exact) mass is 228 g/mol. The third-order valence-corrected chi connectivity index (χ3v) is 3.13. The van der Waals surface area contributed by atoms with Gasteiger partial charge in [0.05, 0.1) is 16.8 Å². The van der Waals surface area contributed by atoms with Crippen LogP contribution in [-0.4, -0.2) is 21.7 Å². The maximum Gasteiger partial charge on any atom is 0.248 e. The van der Waals surface area contributed by atoms with Gasteiger partial charge in [0.25, 0.3) is 0 Å². The summed E-state index contributed by atoms with van der Waals surface area (Å²) in [6.45, 7) is 0. The summed E-state index contributed by atoms with van der Waals surface area (Å²) in [7, 11) is 1.84. The molecule has 2 rings (SSSR count). The number of rotatable bonds is 3. The van der Waals surface area contributed by atoms with Gasteiger partial charge in [-0.1, -0.05) is 23.9 Å². The van der Waals surface area contributed by atoms with Gasteiger partial charge < -0.3 is 4.57 Å². The van der Waals surface area contributed by atoms with Gasteiger partial charge in [0.1, 0.15) is 0 Å². The molecule has 0 bridgehead atoms. The fraction of sp³-hybridized carbons (Fsp3) is 0.300. The summed E-state index contributed by atoms with van der Waals surface area (Å²) >= 11 is 1.08. The van der Waals surface area contributed by atoms with Crippen LogP contribution in [0.1, 0.15) is 0 Å². The van der Waals surface area contributed by atoms with Crippen LogP contribution in [-0.2, 0) is 7.05 Å². The molecule has 0 N–H and O–H groups in total. The molecule has 1 aromatic carbocycles. The Hall–Kier alpha value is -1.10. The fourth-order valence-electron chi connectivity index (χ4n) is 1.39. The van der Waals surface area contributed by atoms with Crippen LogP contribution in [0.2, 0.25) is 0 Å². The molecule has 5 heteroatoms. The Kier molecular flexibility index (Phi) is 2.90. The predicted molar refractivity (Wildman–Crippen MR) is 57.4 cm³/mol. The van der Waals surface area contributed by atoms with Crippen LogP contribution in [0.25, 0.3) is 11.0 Å². The molecule has 0 unspecified atom stereocenters. The van der Waals surface area contributed by atoms with Gasteiger partial charge in [0.15, 0.2) is 5.16 Å². The van der Waals surface area contributed by atoms with Crippen LogP contribution in [0.15, 0.2) is 29.4 Å². The van der Waals surface area contributed by atoms with E-state index in [1.807, 2.05) is 35.9 Å². The Morgan fingerprint density at radius 2 is 2.13 bits per heavy atom. The first-order valence-corrected chi connectivity index (χ1v) is 5.49. The van der Waals surface area contributed by atoms with E-state index in [1.54, 1.807) is 0 Å². The zero-order chi connectivity index (χ0) is 10.8. The summed E-state index contributed by atoms with van der Waals surface area (Å²) in [4.78, 5) is 4.28. The molecular formula is C10H10F2N2S. The van der Waals surface area contributed by atoms with Crippen molar-refractivity contribution in [3.63, 3.8) is 0 Å². The lowest BCUT2D eigenvalue weighted by molar-refractivity contribution is 0.176. The first-order valence-electron chi connectivity index (χ1n) is 4.51. The van der Waals surface area contributed by atoms with Gasteiger partial charge in [0.2, 0.25) is 6.43 Å². The third-order valence-electron chi connectivity index (χ3n) is 2.08. The molecule has 1 aromatic heterocycles. The van der Waals surface area contributed by atoms with E-state index in [0.29, 0.717) is 5.16 Å². The number of imidazole rings is 1. The molecule has 2 nitrogen and oxygen atoms in total. The van der Waals surface area contributed by atoms with Gasteiger partial charge in [-0.15, -0.1) is 0 Å². The summed E-state index contributed by atoms with van der Waals surface area (Å²) < 4.78 is 25.9. The van der Waals surface area contributed by atoms with Crippen molar-refractivity contribution in [2.75, 3.05) is 5.75 Å². The Bertz CT molecular complexity index is 467. The van der Waals surface area contributed by atoms with E-state index < -0.39 is 6.43 Å². The largest absolute Gasteiger partial charge is 0.322 e. The van der Waals surface area contributed by atoms with Crippen LogP contribution >= 0.6 is 11.8 Å². The molecule has 0 aliphatic carbocycles. The number of fused-ring (bicyclic) bond motifs is 1. The van der Waals surface area contributed by atoms with E-state index in [-0.39, 0.29) is 5.75 Å². The highest BCUT2D eigenvalue weighted by molar-refractivity contribution is 7.99. The van der Waals surface area contributed by atoms with Crippen LogP contribution in [0, 0.1) is 0 Å². The zero-order valence-electron chi connectivity index (χ0n) is 8.15. The number of aromatic nitrogens is 2. The van der Waals surface area contributed by atoms with E-state index in [0.717, 1.165) is 22.8 Å².